The standard InChI is InChI=1S/C13H6F6N2O2/c14-12(15,16)7-1-6(2-8(3-7)13(17,18)19)11-20-5-9(21-11)4-10(22)23/h1-5H,(H,22,23)/b9-4+. The molecule has 122 valence electrons. The highest BCUT2D eigenvalue weighted by molar-refractivity contribution is 6.11. The number of rotatable bonds is 2. The van der Waals surface area contributed by atoms with Crippen LogP contribution in [-0.4, -0.2) is 23.1 Å². The van der Waals surface area contributed by atoms with Crippen LogP contribution in [-0.2, 0) is 17.1 Å². The second-order valence-corrected chi connectivity index (χ2v) is 4.40. The van der Waals surface area contributed by atoms with Crippen molar-refractivity contribution in [3.8, 4) is 0 Å². The van der Waals surface area contributed by atoms with E-state index in [9.17, 15) is 31.1 Å². The molecule has 0 spiro atoms. The van der Waals surface area contributed by atoms with E-state index in [0.29, 0.717) is 18.2 Å². The van der Waals surface area contributed by atoms with E-state index in [0.717, 1.165) is 6.21 Å². The molecule has 0 amide bonds. The second-order valence-electron chi connectivity index (χ2n) is 4.40. The van der Waals surface area contributed by atoms with Crippen LogP contribution in [0.2, 0.25) is 0 Å². The summed E-state index contributed by atoms with van der Waals surface area (Å²) >= 11 is 0. The van der Waals surface area contributed by atoms with Gasteiger partial charge in [-0.25, -0.2) is 14.8 Å². The number of aliphatic carboxylic acids is 1. The van der Waals surface area contributed by atoms with E-state index in [1.54, 1.807) is 0 Å². The molecule has 1 aromatic rings. The highest BCUT2D eigenvalue weighted by Crippen LogP contribution is 2.36. The zero-order chi connectivity index (χ0) is 17.4. The summed E-state index contributed by atoms with van der Waals surface area (Å²) in [7, 11) is 0. The van der Waals surface area contributed by atoms with Gasteiger partial charge >= 0.3 is 18.3 Å². The third-order valence-corrected chi connectivity index (χ3v) is 2.67. The number of hydrogen-bond donors (Lipinski definition) is 1. The number of aliphatic imine (C=N–C) groups is 2. The molecule has 10 heteroatoms. The summed E-state index contributed by atoms with van der Waals surface area (Å²) in [6.07, 6.45) is -8.43. The van der Waals surface area contributed by atoms with E-state index in [2.05, 4.69) is 9.98 Å². The lowest BCUT2D eigenvalue weighted by molar-refractivity contribution is -0.143. The van der Waals surface area contributed by atoms with Gasteiger partial charge in [-0.1, -0.05) is 0 Å². The van der Waals surface area contributed by atoms with Crippen molar-refractivity contribution in [1.29, 1.82) is 0 Å². The minimum atomic E-state index is -4.99. The van der Waals surface area contributed by atoms with Gasteiger partial charge in [-0.2, -0.15) is 26.3 Å². The molecule has 0 radical (unpaired) electrons. The SMILES string of the molecule is O=C(O)/C=C1\C=NC(c2cc(C(F)(F)F)cc(C(F)(F)F)c2)=N1. The van der Waals surface area contributed by atoms with E-state index in [-0.39, 0.29) is 11.8 Å². The van der Waals surface area contributed by atoms with Gasteiger partial charge in [0, 0.05) is 5.56 Å². The Hall–Kier alpha value is -2.65. The molecule has 0 atom stereocenters. The van der Waals surface area contributed by atoms with Crippen molar-refractivity contribution in [1.82, 2.24) is 0 Å². The average Bonchev–Trinajstić information content (AvgIpc) is 2.83. The molecule has 0 fully saturated rings. The first-order valence-electron chi connectivity index (χ1n) is 5.84. The van der Waals surface area contributed by atoms with Crippen molar-refractivity contribution in [3.63, 3.8) is 0 Å². The van der Waals surface area contributed by atoms with Crippen LogP contribution in [0.15, 0.2) is 40.0 Å². The van der Waals surface area contributed by atoms with Crippen molar-refractivity contribution in [2.45, 2.75) is 12.4 Å². The third-order valence-electron chi connectivity index (χ3n) is 2.67. The van der Waals surface area contributed by atoms with Crippen LogP contribution >= 0.6 is 0 Å². The zero-order valence-electron chi connectivity index (χ0n) is 10.9. The first-order chi connectivity index (χ1) is 10.5. The van der Waals surface area contributed by atoms with Crippen molar-refractivity contribution < 1.29 is 36.2 Å². The molecular weight excluding hydrogens is 330 g/mol. The lowest BCUT2D eigenvalue weighted by Crippen LogP contribution is -2.13. The zero-order valence-corrected chi connectivity index (χ0v) is 10.9. The van der Waals surface area contributed by atoms with E-state index in [1.165, 1.54) is 0 Å². The molecule has 23 heavy (non-hydrogen) atoms. The number of nitrogens with zero attached hydrogens (tertiary/aromatic N) is 2. The molecule has 0 saturated carbocycles. The van der Waals surface area contributed by atoms with E-state index >= 15 is 0 Å². The number of carbonyl (C=O) groups is 1. The summed E-state index contributed by atoms with van der Waals surface area (Å²) in [4.78, 5) is 17.6. The lowest BCUT2D eigenvalue weighted by Gasteiger charge is -2.13. The van der Waals surface area contributed by atoms with Crippen molar-refractivity contribution in [2.75, 3.05) is 0 Å². The Balaban J connectivity index is 2.56. The lowest BCUT2D eigenvalue weighted by atomic mass is 10.0. The number of allylic oxidation sites excluding steroid dienone is 1. The van der Waals surface area contributed by atoms with Gasteiger partial charge in [0.15, 0.2) is 5.84 Å². The minimum absolute atomic E-state index is 0.0171. The van der Waals surface area contributed by atoms with Gasteiger partial charge in [-0.05, 0) is 18.2 Å². The van der Waals surface area contributed by atoms with E-state index in [4.69, 9.17) is 5.11 Å². The fourth-order valence-corrected chi connectivity index (χ4v) is 1.73. The number of benzene rings is 1. The van der Waals surface area contributed by atoms with Gasteiger partial charge in [0.2, 0.25) is 0 Å². The van der Waals surface area contributed by atoms with Gasteiger partial charge < -0.3 is 5.11 Å². The average molecular weight is 336 g/mol. The van der Waals surface area contributed by atoms with Gasteiger partial charge in [-0.15, -0.1) is 0 Å². The molecule has 2 rings (SSSR count). The summed E-state index contributed by atoms with van der Waals surface area (Å²) in [6, 6.07) is 0.918. The Kier molecular flexibility index (Phi) is 4.01. The van der Waals surface area contributed by atoms with Crippen molar-refractivity contribution in [2.24, 2.45) is 9.98 Å². The minimum Gasteiger partial charge on any atom is -0.478 e. The number of hydrogen-bond acceptors (Lipinski definition) is 3. The summed E-state index contributed by atoms with van der Waals surface area (Å²) in [5.74, 6) is -1.81. The molecule has 1 N–H and O–H groups in total. The molecule has 0 saturated heterocycles. The topological polar surface area (TPSA) is 62.0 Å². The van der Waals surface area contributed by atoms with Crippen molar-refractivity contribution in [3.05, 3.63) is 46.7 Å². The monoisotopic (exact) mass is 336 g/mol. The summed E-state index contributed by atoms with van der Waals surface area (Å²) in [5.41, 5.74) is -3.72. The first-order valence-corrected chi connectivity index (χ1v) is 5.84. The fourth-order valence-electron chi connectivity index (χ4n) is 1.73. The molecule has 0 aliphatic carbocycles. The number of amidine groups is 1. The van der Waals surface area contributed by atoms with Crippen LogP contribution in [0.1, 0.15) is 16.7 Å². The molecule has 1 aliphatic heterocycles. The maximum atomic E-state index is 12.7. The highest BCUT2D eigenvalue weighted by atomic mass is 19.4. The quantitative estimate of drug-likeness (QED) is 0.663. The third kappa shape index (κ3) is 3.96. The number of carboxylic acid groups (broad SMARTS) is 1. The van der Waals surface area contributed by atoms with Gasteiger partial charge in [0.05, 0.1) is 29.1 Å². The molecule has 0 aromatic heterocycles. The Morgan fingerprint density at radius 3 is 1.96 bits per heavy atom. The molecule has 4 nitrogen and oxygen atoms in total. The van der Waals surface area contributed by atoms with Crippen LogP contribution in [0.5, 0.6) is 0 Å². The van der Waals surface area contributed by atoms with Gasteiger partial charge in [0.25, 0.3) is 0 Å². The smallest absolute Gasteiger partial charge is 0.416 e. The molecule has 1 aromatic carbocycles. The summed E-state index contributed by atoms with van der Waals surface area (Å²) < 4.78 is 76.4. The number of carboxylic acids is 1. The molecule has 0 unspecified atom stereocenters. The predicted octanol–water partition coefficient (Wildman–Crippen LogP) is 3.52. The van der Waals surface area contributed by atoms with Crippen LogP contribution in [0.4, 0.5) is 26.3 Å². The van der Waals surface area contributed by atoms with E-state index in [1.807, 2.05) is 0 Å². The number of halogens is 6. The highest BCUT2D eigenvalue weighted by Gasteiger charge is 2.37. The molecule has 0 bridgehead atoms. The second kappa shape index (κ2) is 5.52. The first kappa shape index (κ1) is 16.7. The van der Waals surface area contributed by atoms with Crippen LogP contribution in [0.3, 0.4) is 0 Å². The van der Waals surface area contributed by atoms with Crippen LogP contribution in [0, 0.1) is 0 Å². The molecule has 1 heterocycles. The number of alkyl halides is 6. The Morgan fingerprint density at radius 2 is 1.52 bits per heavy atom. The summed E-state index contributed by atoms with van der Waals surface area (Å²) in [5, 5.41) is 8.53. The van der Waals surface area contributed by atoms with Crippen LogP contribution < -0.4 is 0 Å². The van der Waals surface area contributed by atoms with Gasteiger partial charge in [0.1, 0.15) is 0 Å². The molecular formula is C13H6F6N2O2. The molecule has 1 aliphatic rings. The Morgan fingerprint density at radius 1 is 1.00 bits per heavy atom. The maximum Gasteiger partial charge on any atom is 0.416 e. The van der Waals surface area contributed by atoms with E-state index < -0.39 is 40.8 Å². The predicted molar refractivity (Wildman–Crippen MR) is 67.2 cm³/mol. The Bertz CT molecular complexity index is 712. The van der Waals surface area contributed by atoms with Gasteiger partial charge in [-0.3, -0.25) is 0 Å². The maximum absolute atomic E-state index is 12.7. The normalized spacial score (nSPS) is 16.8. The fraction of sp³-hybridized carbons (Fsp3) is 0.154. The van der Waals surface area contributed by atoms with Crippen molar-refractivity contribution >= 4 is 18.0 Å². The van der Waals surface area contributed by atoms with Crippen LogP contribution in [0.25, 0.3) is 0 Å². The Labute approximate surface area is 124 Å². The largest absolute Gasteiger partial charge is 0.478 e. The summed E-state index contributed by atoms with van der Waals surface area (Å²) in [6.45, 7) is 0.